The number of amides is 1. The number of nitrogens with zero attached hydrogens (tertiary/aromatic N) is 2. The summed E-state index contributed by atoms with van der Waals surface area (Å²) >= 11 is 0. The van der Waals surface area contributed by atoms with Crippen molar-refractivity contribution >= 4 is 29.2 Å². The van der Waals surface area contributed by atoms with Crippen molar-refractivity contribution in [2.75, 3.05) is 49.6 Å². The van der Waals surface area contributed by atoms with Crippen molar-refractivity contribution in [3.05, 3.63) is 125 Å². The third-order valence-corrected chi connectivity index (χ3v) is 9.47. The Morgan fingerprint density at radius 1 is 1.00 bits per heavy atom. The third-order valence-electron chi connectivity index (χ3n) is 9.47. The molecule has 3 atom stereocenters. The number of aryl methyl sites for hydroxylation is 1. The van der Waals surface area contributed by atoms with E-state index in [1.807, 2.05) is 29.2 Å². The Labute approximate surface area is 251 Å². The maximum absolute atomic E-state index is 14.0. The Morgan fingerprint density at radius 2 is 1.77 bits per heavy atom. The third kappa shape index (κ3) is 4.87. The van der Waals surface area contributed by atoms with E-state index in [9.17, 15) is 9.18 Å². The summed E-state index contributed by atoms with van der Waals surface area (Å²) in [5.74, 6) is 0.358. The highest BCUT2D eigenvalue weighted by Gasteiger charge is 2.70. The Balaban J connectivity index is 1.21. The van der Waals surface area contributed by atoms with Crippen LogP contribution in [0.1, 0.15) is 38.5 Å². The second-order valence-corrected chi connectivity index (χ2v) is 11.9. The Kier molecular flexibility index (Phi) is 6.98. The molecule has 3 fully saturated rings. The summed E-state index contributed by atoms with van der Waals surface area (Å²) in [5, 5.41) is 11.6. The molecule has 1 amide bonds. The van der Waals surface area contributed by atoms with Crippen molar-refractivity contribution in [3.8, 4) is 0 Å². The SMILES string of the molecule is Cc1cc(Nc2ccc(F)cc2)c(C=N)cc1C12CN(C(=O)c3cccc(N4CCOCC4)c3)CC1C2c1ccccc1. The van der Waals surface area contributed by atoms with Crippen molar-refractivity contribution in [2.45, 2.75) is 18.3 Å². The van der Waals surface area contributed by atoms with Crippen molar-refractivity contribution in [2.24, 2.45) is 5.92 Å². The van der Waals surface area contributed by atoms with Crippen molar-refractivity contribution in [3.63, 3.8) is 0 Å². The fourth-order valence-corrected chi connectivity index (χ4v) is 7.40. The standard InChI is InChI=1S/C36H35FN4O2/c1-24-18-33(39-29-12-10-28(37)11-13-29)27(21-38)20-31(24)36-23-41(22-32(36)34(36)25-6-3-2-4-7-25)35(42)26-8-5-9-30(19-26)40-14-16-43-17-15-40/h2-13,18-21,32,34,38-39H,14-17,22-23H2,1H3. The van der Waals surface area contributed by atoms with Crippen molar-refractivity contribution < 1.29 is 13.9 Å². The van der Waals surface area contributed by atoms with Gasteiger partial charge in [0.05, 0.1) is 13.2 Å². The molecule has 1 saturated carbocycles. The molecule has 2 aliphatic heterocycles. The number of carbonyl (C=O) groups excluding carboxylic acids is 1. The molecule has 3 unspecified atom stereocenters. The number of nitrogens with one attached hydrogen (secondary N) is 2. The molecule has 4 aromatic carbocycles. The molecule has 4 aromatic rings. The molecule has 43 heavy (non-hydrogen) atoms. The largest absolute Gasteiger partial charge is 0.378 e. The van der Waals surface area contributed by atoms with Crippen LogP contribution in [0, 0.1) is 24.1 Å². The van der Waals surface area contributed by atoms with Crippen LogP contribution in [0.2, 0.25) is 0 Å². The van der Waals surface area contributed by atoms with E-state index in [4.69, 9.17) is 10.1 Å². The Bertz CT molecular complexity index is 1670. The van der Waals surface area contributed by atoms with Crippen LogP contribution < -0.4 is 10.2 Å². The number of ether oxygens (including phenoxy) is 1. The monoisotopic (exact) mass is 574 g/mol. The lowest BCUT2D eigenvalue weighted by Gasteiger charge is -2.30. The molecule has 0 aromatic heterocycles. The van der Waals surface area contributed by atoms with Crippen LogP contribution in [0.3, 0.4) is 0 Å². The van der Waals surface area contributed by atoms with Gasteiger partial charge in [-0.1, -0.05) is 36.4 Å². The van der Waals surface area contributed by atoms with Crippen LogP contribution in [-0.4, -0.2) is 56.4 Å². The molecule has 7 heteroatoms. The number of fused-ring (bicyclic) bond motifs is 1. The molecule has 3 aliphatic rings. The number of anilines is 3. The van der Waals surface area contributed by atoms with E-state index < -0.39 is 0 Å². The number of piperidine rings is 1. The van der Waals surface area contributed by atoms with Gasteiger partial charge < -0.3 is 25.3 Å². The Hall–Kier alpha value is -4.49. The number of hydrogen-bond donors (Lipinski definition) is 2. The van der Waals surface area contributed by atoms with E-state index in [0.717, 1.165) is 41.3 Å². The highest BCUT2D eigenvalue weighted by Crippen LogP contribution is 2.70. The van der Waals surface area contributed by atoms with Crippen LogP contribution in [0.5, 0.6) is 0 Å². The second kappa shape index (κ2) is 11.0. The van der Waals surface area contributed by atoms with E-state index in [-0.39, 0.29) is 23.1 Å². The van der Waals surface area contributed by atoms with Gasteiger partial charge in [-0.2, -0.15) is 0 Å². The van der Waals surface area contributed by atoms with Crippen LogP contribution >= 0.6 is 0 Å². The predicted molar refractivity (Wildman–Crippen MR) is 168 cm³/mol. The molecular formula is C36H35FN4O2. The maximum atomic E-state index is 14.0. The summed E-state index contributed by atoms with van der Waals surface area (Å²) in [6.07, 6.45) is 1.37. The molecule has 7 rings (SSSR count). The lowest BCUT2D eigenvalue weighted by Crippen LogP contribution is -2.37. The quantitative estimate of drug-likeness (QED) is 0.247. The number of rotatable bonds is 7. The average Bonchev–Trinajstić information content (AvgIpc) is 3.51. The minimum absolute atomic E-state index is 0.0630. The number of likely N-dealkylation sites (tertiary alicyclic amines) is 1. The minimum atomic E-state index is -0.289. The van der Waals surface area contributed by atoms with Crippen LogP contribution in [0.25, 0.3) is 0 Å². The first-order chi connectivity index (χ1) is 21.0. The summed E-state index contributed by atoms with van der Waals surface area (Å²) < 4.78 is 19.0. The predicted octanol–water partition coefficient (Wildman–Crippen LogP) is 6.52. The summed E-state index contributed by atoms with van der Waals surface area (Å²) in [6.45, 7) is 6.48. The molecule has 2 N–H and O–H groups in total. The van der Waals surface area contributed by atoms with E-state index in [2.05, 4.69) is 59.6 Å². The van der Waals surface area contributed by atoms with Crippen molar-refractivity contribution in [1.82, 2.24) is 4.90 Å². The van der Waals surface area contributed by atoms with Gasteiger partial charge in [-0.3, -0.25) is 4.79 Å². The van der Waals surface area contributed by atoms with E-state index in [1.165, 1.54) is 29.5 Å². The lowest BCUT2D eigenvalue weighted by atomic mass is 9.85. The zero-order valence-corrected chi connectivity index (χ0v) is 24.2. The highest BCUT2D eigenvalue weighted by molar-refractivity contribution is 5.96. The second-order valence-electron chi connectivity index (χ2n) is 11.9. The normalized spacial score (nSPS) is 22.7. The number of hydrogen-bond acceptors (Lipinski definition) is 5. The van der Waals surface area contributed by atoms with Gasteiger partial charge in [-0.25, -0.2) is 4.39 Å². The molecule has 0 spiro atoms. The van der Waals surface area contributed by atoms with Crippen LogP contribution in [0.4, 0.5) is 21.5 Å². The molecule has 0 radical (unpaired) electrons. The molecule has 0 bridgehead atoms. The maximum Gasteiger partial charge on any atom is 0.253 e. The number of carbonyl (C=O) groups is 1. The summed E-state index contributed by atoms with van der Waals surface area (Å²) in [5.41, 5.74) is 7.47. The van der Waals surface area contributed by atoms with Crippen LogP contribution in [0.15, 0.2) is 91.0 Å². The minimum Gasteiger partial charge on any atom is -0.378 e. The van der Waals surface area contributed by atoms with Gasteiger partial charge in [0.1, 0.15) is 5.82 Å². The summed E-state index contributed by atoms with van der Waals surface area (Å²) in [4.78, 5) is 18.3. The molecule has 218 valence electrons. The lowest BCUT2D eigenvalue weighted by molar-refractivity contribution is 0.0769. The molecular weight excluding hydrogens is 539 g/mol. The average molecular weight is 575 g/mol. The topological polar surface area (TPSA) is 68.7 Å². The molecule has 6 nitrogen and oxygen atoms in total. The number of morpholine rings is 1. The summed E-state index contributed by atoms with van der Waals surface area (Å²) in [6, 6.07) is 29.0. The van der Waals surface area contributed by atoms with Gasteiger partial charge in [0.2, 0.25) is 0 Å². The molecule has 1 aliphatic carbocycles. The van der Waals surface area contributed by atoms with E-state index in [1.54, 1.807) is 12.1 Å². The summed E-state index contributed by atoms with van der Waals surface area (Å²) in [7, 11) is 0. The van der Waals surface area contributed by atoms with Gasteiger partial charge >= 0.3 is 0 Å². The molecule has 2 heterocycles. The number of benzene rings is 4. The first kappa shape index (κ1) is 27.3. The van der Waals surface area contributed by atoms with Crippen LogP contribution in [-0.2, 0) is 10.2 Å². The van der Waals surface area contributed by atoms with Gasteiger partial charge in [0.25, 0.3) is 5.91 Å². The number of halogens is 1. The zero-order chi connectivity index (χ0) is 29.6. The Morgan fingerprint density at radius 3 is 2.51 bits per heavy atom. The van der Waals surface area contributed by atoms with Gasteiger partial charge in [0.15, 0.2) is 0 Å². The van der Waals surface area contributed by atoms with Gasteiger partial charge in [-0.05, 0) is 84.1 Å². The highest BCUT2D eigenvalue weighted by atomic mass is 19.1. The van der Waals surface area contributed by atoms with Crippen molar-refractivity contribution in [1.29, 1.82) is 5.41 Å². The first-order valence-corrected chi connectivity index (χ1v) is 14.9. The van der Waals surface area contributed by atoms with E-state index in [0.29, 0.717) is 37.8 Å². The first-order valence-electron chi connectivity index (χ1n) is 14.9. The zero-order valence-electron chi connectivity index (χ0n) is 24.2. The fraction of sp³-hybridized carbons (Fsp3) is 0.278. The van der Waals surface area contributed by atoms with Gasteiger partial charge in [-0.15, -0.1) is 0 Å². The van der Waals surface area contributed by atoms with Gasteiger partial charge in [0, 0.05) is 71.9 Å². The molecule has 2 saturated heterocycles. The smallest absolute Gasteiger partial charge is 0.253 e. The fourth-order valence-electron chi connectivity index (χ4n) is 7.40. The van der Waals surface area contributed by atoms with E-state index >= 15 is 0 Å².